The van der Waals surface area contributed by atoms with Crippen LogP contribution in [0.5, 0.6) is 0 Å². The lowest BCUT2D eigenvalue weighted by Gasteiger charge is -2.18. The van der Waals surface area contributed by atoms with Gasteiger partial charge in [-0.3, -0.25) is 0 Å². The van der Waals surface area contributed by atoms with Crippen molar-refractivity contribution in [2.24, 2.45) is 0 Å². The molecule has 0 aromatic heterocycles. The Labute approximate surface area is 66.0 Å². The van der Waals surface area contributed by atoms with Gasteiger partial charge in [0.2, 0.25) is 0 Å². The number of fused-ring (bicyclic) bond motifs is 1. The minimum absolute atomic E-state index is 0.431. The average molecular weight is 146 g/mol. The van der Waals surface area contributed by atoms with Crippen LogP contribution in [0.4, 0.5) is 0 Å². The molecule has 0 N–H and O–H groups in total. The van der Waals surface area contributed by atoms with Crippen LogP contribution >= 0.6 is 0 Å². The summed E-state index contributed by atoms with van der Waals surface area (Å²) in [5.41, 5.74) is 4.45. The molecule has 1 aliphatic carbocycles. The summed E-state index contributed by atoms with van der Waals surface area (Å²) in [6.07, 6.45) is 2.98. The molecule has 56 valence electrons. The second-order valence-electron chi connectivity index (χ2n) is 3.35. The summed E-state index contributed by atoms with van der Waals surface area (Å²) >= 11 is 0. The first kappa shape index (κ1) is 5.78. The molecular weight excluding hydrogens is 136 g/mol. The van der Waals surface area contributed by atoms with Crippen LogP contribution in [0.15, 0.2) is 18.2 Å². The molecule has 3 rings (SSSR count). The predicted octanol–water partition coefficient (Wildman–Crippen LogP) is 1.86. The van der Waals surface area contributed by atoms with E-state index in [0.29, 0.717) is 6.10 Å². The quantitative estimate of drug-likeness (QED) is 0.551. The van der Waals surface area contributed by atoms with Crippen molar-refractivity contribution in [2.45, 2.75) is 18.9 Å². The molecule has 1 aliphatic heterocycles. The van der Waals surface area contributed by atoms with Crippen LogP contribution in [0.1, 0.15) is 22.8 Å². The topological polar surface area (TPSA) is 12.5 Å². The molecule has 1 unspecified atom stereocenters. The van der Waals surface area contributed by atoms with Crippen LogP contribution in [-0.2, 0) is 17.6 Å². The van der Waals surface area contributed by atoms with Crippen LogP contribution in [0, 0.1) is 0 Å². The number of benzene rings is 1. The second-order valence-corrected chi connectivity index (χ2v) is 3.35. The largest absolute Gasteiger partial charge is 0.368 e. The Bertz CT molecular complexity index is 300. The number of epoxide rings is 1. The highest BCUT2D eigenvalue weighted by atomic mass is 16.6. The Kier molecular flexibility index (Phi) is 0.977. The Morgan fingerprint density at radius 1 is 1.18 bits per heavy atom. The maximum Gasteiger partial charge on any atom is 0.106 e. The molecule has 1 heterocycles. The van der Waals surface area contributed by atoms with E-state index in [1.165, 1.54) is 29.5 Å². The Morgan fingerprint density at radius 2 is 2.00 bits per heavy atom. The van der Waals surface area contributed by atoms with Crippen molar-refractivity contribution >= 4 is 0 Å². The zero-order valence-electron chi connectivity index (χ0n) is 6.34. The van der Waals surface area contributed by atoms with Crippen LogP contribution < -0.4 is 0 Å². The summed E-state index contributed by atoms with van der Waals surface area (Å²) in [6.45, 7) is 0.929. The van der Waals surface area contributed by atoms with Crippen LogP contribution in [0.2, 0.25) is 0 Å². The van der Waals surface area contributed by atoms with Crippen molar-refractivity contribution in [3.05, 3.63) is 34.9 Å². The van der Waals surface area contributed by atoms with Gasteiger partial charge in [-0.25, -0.2) is 0 Å². The Balaban J connectivity index is 2.05. The normalized spacial score (nSPS) is 25.6. The van der Waals surface area contributed by atoms with E-state index in [-0.39, 0.29) is 0 Å². The molecule has 1 aromatic carbocycles. The first-order valence-corrected chi connectivity index (χ1v) is 4.17. The summed E-state index contributed by atoms with van der Waals surface area (Å²) in [5, 5.41) is 0. The first-order chi connectivity index (χ1) is 5.43. The highest BCUT2D eigenvalue weighted by Crippen LogP contribution is 2.33. The summed E-state index contributed by atoms with van der Waals surface area (Å²) in [7, 11) is 0. The van der Waals surface area contributed by atoms with Gasteiger partial charge in [0.1, 0.15) is 6.10 Å². The molecule has 1 nitrogen and oxygen atoms in total. The van der Waals surface area contributed by atoms with Gasteiger partial charge in [0.15, 0.2) is 0 Å². The summed E-state index contributed by atoms with van der Waals surface area (Å²) in [6, 6.07) is 6.75. The molecule has 1 heteroatoms. The van der Waals surface area contributed by atoms with Gasteiger partial charge >= 0.3 is 0 Å². The van der Waals surface area contributed by atoms with Crippen molar-refractivity contribution in [1.82, 2.24) is 0 Å². The van der Waals surface area contributed by atoms with E-state index < -0.39 is 0 Å². The molecule has 1 saturated heterocycles. The zero-order valence-corrected chi connectivity index (χ0v) is 6.34. The Morgan fingerprint density at radius 3 is 2.55 bits per heavy atom. The van der Waals surface area contributed by atoms with Crippen molar-refractivity contribution in [2.75, 3.05) is 6.61 Å². The van der Waals surface area contributed by atoms with Gasteiger partial charge in [-0.15, -0.1) is 0 Å². The molecule has 0 radical (unpaired) electrons. The first-order valence-electron chi connectivity index (χ1n) is 4.17. The number of hydrogen-bond donors (Lipinski definition) is 0. The van der Waals surface area contributed by atoms with Crippen molar-refractivity contribution < 1.29 is 4.74 Å². The van der Waals surface area contributed by atoms with E-state index in [9.17, 15) is 0 Å². The van der Waals surface area contributed by atoms with Gasteiger partial charge in [0.05, 0.1) is 6.61 Å². The predicted molar refractivity (Wildman–Crippen MR) is 42.5 cm³/mol. The smallest absolute Gasteiger partial charge is 0.106 e. The molecular formula is C10H10O. The van der Waals surface area contributed by atoms with Crippen molar-refractivity contribution in [3.8, 4) is 0 Å². The molecule has 0 bridgehead atoms. The molecule has 0 spiro atoms. The number of aryl methyl sites for hydroxylation is 2. The van der Waals surface area contributed by atoms with E-state index in [0.717, 1.165) is 6.61 Å². The third-order valence-electron chi connectivity index (χ3n) is 2.60. The molecule has 11 heavy (non-hydrogen) atoms. The molecule has 1 aromatic rings. The fourth-order valence-corrected chi connectivity index (χ4v) is 1.66. The highest BCUT2D eigenvalue weighted by molar-refractivity contribution is 5.40. The summed E-state index contributed by atoms with van der Waals surface area (Å²) in [4.78, 5) is 0. The number of rotatable bonds is 1. The molecule has 0 saturated carbocycles. The summed E-state index contributed by atoms with van der Waals surface area (Å²) in [5.74, 6) is 0. The van der Waals surface area contributed by atoms with Gasteiger partial charge in [0.25, 0.3) is 0 Å². The molecule has 2 aliphatic rings. The van der Waals surface area contributed by atoms with E-state index in [1.54, 1.807) is 0 Å². The van der Waals surface area contributed by atoms with Gasteiger partial charge in [-0.2, -0.15) is 0 Å². The lowest BCUT2D eigenvalue weighted by atomic mass is 9.87. The third-order valence-corrected chi connectivity index (χ3v) is 2.60. The van der Waals surface area contributed by atoms with Gasteiger partial charge < -0.3 is 4.74 Å². The van der Waals surface area contributed by atoms with Crippen LogP contribution in [0.25, 0.3) is 0 Å². The number of ether oxygens (including phenoxy) is 1. The Hall–Kier alpha value is -0.820. The van der Waals surface area contributed by atoms with E-state index in [4.69, 9.17) is 4.74 Å². The minimum Gasteiger partial charge on any atom is -0.368 e. The maximum atomic E-state index is 5.21. The van der Waals surface area contributed by atoms with E-state index in [1.807, 2.05) is 0 Å². The zero-order chi connectivity index (χ0) is 7.26. The summed E-state index contributed by atoms with van der Waals surface area (Å²) < 4.78 is 5.21. The lowest BCUT2D eigenvalue weighted by molar-refractivity contribution is 0.415. The maximum absolute atomic E-state index is 5.21. The van der Waals surface area contributed by atoms with Gasteiger partial charge in [-0.05, 0) is 29.5 Å². The fourth-order valence-electron chi connectivity index (χ4n) is 1.66. The molecule has 1 atom stereocenters. The van der Waals surface area contributed by atoms with Gasteiger partial charge in [0, 0.05) is 0 Å². The van der Waals surface area contributed by atoms with E-state index in [2.05, 4.69) is 18.2 Å². The average Bonchev–Trinajstić information content (AvgIpc) is 2.74. The third kappa shape index (κ3) is 0.809. The van der Waals surface area contributed by atoms with Crippen molar-refractivity contribution in [3.63, 3.8) is 0 Å². The van der Waals surface area contributed by atoms with Gasteiger partial charge in [-0.1, -0.05) is 18.2 Å². The van der Waals surface area contributed by atoms with Crippen molar-refractivity contribution in [1.29, 1.82) is 0 Å². The highest BCUT2D eigenvalue weighted by Gasteiger charge is 2.26. The minimum atomic E-state index is 0.431. The standard InChI is InChI=1S/C10H10O/c1-3-8-5-9(10-6-11-10)4-2-7(1)8/h2,4-5,10H,1,3,6H2. The molecule has 1 fully saturated rings. The second kappa shape index (κ2) is 1.86. The lowest BCUT2D eigenvalue weighted by Crippen LogP contribution is -2.08. The van der Waals surface area contributed by atoms with Crippen LogP contribution in [0.3, 0.4) is 0 Å². The fraction of sp³-hybridized carbons (Fsp3) is 0.400. The monoisotopic (exact) mass is 146 g/mol. The molecule has 0 amide bonds. The van der Waals surface area contributed by atoms with Crippen LogP contribution in [-0.4, -0.2) is 6.61 Å². The SMILES string of the molecule is c1cc2c(cc1C1CO1)CC2. The van der Waals surface area contributed by atoms with E-state index >= 15 is 0 Å². The number of hydrogen-bond acceptors (Lipinski definition) is 1.